The Hall–Kier alpha value is -1.55. The number of hydrogen-bond acceptors (Lipinski definition) is 4. The van der Waals surface area contributed by atoms with Crippen molar-refractivity contribution in [3.8, 4) is 0 Å². The lowest BCUT2D eigenvalue weighted by Gasteiger charge is -2.43. The number of esters is 1. The molecule has 0 heterocycles. The van der Waals surface area contributed by atoms with Gasteiger partial charge in [0, 0.05) is 23.3 Å². The van der Waals surface area contributed by atoms with E-state index in [4.69, 9.17) is 16.3 Å². The second-order valence-corrected chi connectivity index (χ2v) is 5.52. The molecule has 0 radical (unpaired) electrons. The molecule has 0 aromatic heterocycles. The van der Waals surface area contributed by atoms with Crippen LogP contribution in [0.25, 0.3) is 0 Å². The molecule has 5 heteroatoms. The van der Waals surface area contributed by atoms with Gasteiger partial charge in [-0.2, -0.15) is 0 Å². The summed E-state index contributed by atoms with van der Waals surface area (Å²) in [6.45, 7) is 5.08. The molecule has 3 unspecified atom stereocenters. The van der Waals surface area contributed by atoms with Crippen LogP contribution in [0.1, 0.15) is 20.8 Å². The fraction of sp³-hybridized carbons (Fsp3) is 0.429. The number of allylic oxidation sites excluding steroid dienone is 4. The zero-order valence-electron chi connectivity index (χ0n) is 10.9. The van der Waals surface area contributed by atoms with Crippen LogP contribution in [-0.2, 0) is 14.3 Å². The van der Waals surface area contributed by atoms with Crippen LogP contribution < -0.4 is 0 Å². The summed E-state index contributed by atoms with van der Waals surface area (Å²) in [6, 6.07) is 0. The van der Waals surface area contributed by atoms with Gasteiger partial charge in [0.15, 0.2) is 5.76 Å². The van der Waals surface area contributed by atoms with Gasteiger partial charge in [-0.25, -0.2) is 0 Å². The van der Waals surface area contributed by atoms with Crippen LogP contribution in [0.3, 0.4) is 0 Å². The van der Waals surface area contributed by atoms with Crippen molar-refractivity contribution in [1.29, 1.82) is 0 Å². The van der Waals surface area contributed by atoms with Crippen molar-refractivity contribution < 1.29 is 19.4 Å². The molecule has 102 valence electrons. The summed E-state index contributed by atoms with van der Waals surface area (Å²) in [5.41, 5.74) is 0.0112. The Morgan fingerprint density at radius 2 is 2.16 bits per heavy atom. The van der Waals surface area contributed by atoms with E-state index >= 15 is 0 Å². The maximum atomic E-state index is 11.5. The van der Waals surface area contributed by atoms with E-state index < -0.39 is 23.3 Å². The number of aliphatic hydroxyl groups excluding tert-OH is 1. The molecule has 0 aromatic carbocycles. The Morgan fingerprint density at radius 3 is 2.74 bits per heavy atom. The Kier molecular flexibility index (Phi) is 3.31. The lowest BCUT2D eigenvalue weighted by molar-refractivity contribution is -0.147. The minimum atomic E-state index is -0.635. The standard InChI is InChI=1S/C14H15ClO4/c1-7-13(19-8(2)16)5-10(15)9-4-11(17)12(18)6-14(7,9)3/h4-7,13,18H,1-3H3. The highest BCUT2D eigenvalue weighted by atomic mass is 35.5. The van der Waals surface area contributed by atoms with E-state index in [9.17, 15) is 14.7 Å². The molecule has 0 aliphatic heterocycles. The van der Waals surface area contributed by atoms with Crippen molar-refractivity contribution in [2.75, 3.05) is 0 Å². The SMILES string of the molecule is CC(=O)OC1C=C(Cl)C2=CC(=O)C(O)=CC2(C)C1C. The maximum Gasteiger partial charge on any atom is 0.303 e. The predicted octanol–water partition coefficient (Wildman–Crippen LogP) is 2.65. The molecule has 0 saturated carbocycles. The first-order valence-corrected chi connectivity index (χ1v) is 6.36. The molecule has 2 aliphatic rings. The summed E-state index contributed by atoms with van der Waals surface area (Å²) in [5.74, 6) is -1.29. The molecule has 2 aliphatic carbocycles. The van der Waals surface area contributed by atoms with E-state index in [1.165, 1.54) is 19.1 Å². The molecule has 0 fully saturated rings. The van der Waals surface area contributed by atoms with Gasteiger partial charge >= 0.3 is 5.97 Å². The minimum Gasteiger partial charge on any atom is -0.504 e. The smallest absolute Gasteiger partial charge is 0.303 e. The van der Waals surface area contributed by atoms with Crippen molar-refractivity contribution in [2.24, 2.45) is 11.3 Å². The molecule has 3 atom stereocenters. The van der Waals surface area contributed by atoms with Gasteiger partial charge in [-0.15, -0.1) is 0 Å². The molecular weight excluding hydrogens is 268 g/mol. The fourth-order valence-corrected chi connectivity index (χ4v) is 2.93. The first kappa shape index (κ1) is 13.9. The molecule has 4 nitrogen and oxygen atoms in total. The third kappa shape index (κ3) is 2.21. The van der Waals surface area contributed by atoms with Gasteiger partial charge < -0.3 is 9.84 Å². The minimum absolute atomic E-state index is 0.139. The number of carbonyl (C=O) groups is 2. The molecule has 1 N–H and O–H groups in total. The summed E-state index contributed by atoms with van der Waals surface area (Å²) in [5, 5.41) is 10.0. The van der Waals surface area contributed by atoms with Crippen LogP contribution in [0.4, 0.5) is 0 Å². The van der Waals surface area contributed by atoms with Gasteiger partial charge in [0.25, 0.3) is 0 Å². The molecule has 2 rings (SSSR count). The Morgan fingerprint density at radius 1 is 1.53 bits per heavy atom. The van der Waals surface area contributed by atoms with Crippen LogP contribution in [0.5, 0.6) is 0 Å². The first-order valence-electron chi connectivity index (χ1n) is 5.99. The topological polar surface area (TPSA) is 63.6 Å². The number of carbonyl (C=O) groups excluding carboxylic acids is 2. The number of halogens is 1. The quantitative estimate of drug-likeness (QED) is 0.751. The van der Waals surface area contributed by atoms with Gasteiger partial charge in [0.05, 0.1) is 0 Å². The monoisotopic (exact) mass is 282 g/mol. The van der Waals surface area contributed by atoms with Crippen molar-refractivity contribution >= 4 is 23.4 Å². The van der Waals surface area contributed by atoms with Crippen LogP contribution in [0.2, 0.25) is 0 Å². The zero-order chi connectivity index (χ0) is 14.4. The largest absolute Gasteiger partial charge is 0.504 e. The zero-order valence-corrected chi connectivity index (χ0v) is 11.7. The van der Waals surface area contributed by atoms with Crippen LogP contribution in [0, 0.1) is 11.3 Å². The number of rotatable bonds is 1. The highest BCUT2D eigenvalue weighted by Gasteiger charge is 2.46. The third-order valence-electron chi connectivity index (χ3n) is 3.85. The first-order chi connectivity index (χ1) is 8.75. The molecule has 0 aromatic rings. The molecule has 19 heavy (non-hydrogen) atoms. The number of fused-ring (bicyclic) bond motifs is 1. The Balaban J connectivity index is 2.50. The van der Waals surface area contributed by atoms with E-state index in [2.05, 4.69) is 0 Å². The van der Waals surface area contributed by atoms with E-state index in [1.807, 2.05) is 13.8 Å². The Labute approximate surface area is 116 Å². The highest BCUT2D eigenvalue weighted by molar-refractivity contribution is 6.33. The van der Waals surface area contributed by atoms with Crippen molar-refractivity contribution in [3.05, 3.63) is 34.6 Å². The number of ketones is 1. The van der Waals surface area contributed by atoms with E-state index in [0.29, 0.717) is 10.6 Å². The van der Waals surface area contributed by atoms with E-state index in [-0.39, 0.29) is 11.7 Å². The Bertz CT molecular complexity index is 544. The average molecular weight is 283 g/mol. The van der Waals surface area contributed by atoms with Crippen molar-refractivity contribution in [3.63, 3.8) is 0 Å². The van der Waals surface area contributed by atoms with Crippen molar-refractivity contribution in [1.82, 2.24) is 0 Å². The molecule has 0 spiro atoms. The highest BCUT2D eigenvalue weighted by Crippen LogP contribution is 2.50. The van der Waals surface area contributed by atoms with E-state index in [0.717, 1.165) is 0 Å². The number of hydrogen-bond donors (Lipinski definition) is 1. The lowest BCUT2D eigenvalue weighted by Crippen LogP contribution is -2.41. The lowest BCUT2D eigenvalue weighted by atomic mass is 9.64. The molecule has 0 saturated heterocycles. The van der Waals surface area contributed by atoms with Gasteiger partial charge in [-0.1, -0.05) is 25.4 Å². The molecule has 0 amide bonds. The summed E-state index contributed by atoms with van der Waals surface area (Å²) < 4.78 is 5.23. The second kappa shape index (κ2) is 4.53. The van der Waals surface area contributed by atoms with Crippen LogP contribution in [-0.4, -0.2) is 23.0 Å². The van der Waals surface area contributed by atoms with Gasteiger partial charge in [0.2, 0.25) is 5.78 Å². The molecular formula is C14H15ClO4. The summed E-state index contributed by atoms with van der Waals surface area (Å²) in [6.07, 6.45) is 3.98. The predicted molar refractivity (Wildman–Crippen MR) is 70.6 cm³/mol. The van der Waals surface area contributed by atoms with Gasteiger partial charge in [-0.05, 0) is 23.8 Å². The fourth-order valence-electron chi connectivity index (χ4n) is 2.54. The average Bonchev–Trinajstić information content (AvgIpc) is 2.29. The summed E-state index contributed by atoms with van der Waals surface area (Å²) >= 11 is 6.17. The van der Waals surface area contributed by atoms with Crippen LogP contribution in [0.15, 0.2) is 34.6 Å². The summed E-state index contributed by atoms with van der Waals surface area (Å²) in [7, 11) is 0. The van der Waals surface area contributed by atoms with Gasteiger partial charge in [-0.3, -0.25) is 9.59 Å². The van der Waals surface area contributed by atoms with Gasteiger partial charge in [0.1, 0.15) is 6.10 Å². The molecule has 0 bridgehead atoms. The van der Waals surface area contributed by atoms with E-state index in [1.54, 1.807) is 6.08 Å². The van der Waals surface area contributed by atoms with Crippen molar-refractivity contribution in [2.45, 2.75) is 26.9 Å². The second-order valence-electron chi connectivity index (χ2n) is 5.11. The van der Waals surface area contributed by atoms with Crippen LogP contribution >= 0.6 is 11.6 Å². The summed E-state index contributed by atoms with van der Waals surface area (Å²) in [4.78, 5) is 22.7. The third-order valence-corrected chi connectivity index (χ3v) is 4.18. The normalized spacial score (nSPS) is 33.9. The number of ether oxygens (including phenoxy) is 1. The number of aliphatic hydroxyl groups is 1. The maximum absolute atomic E-state index is 11.5.